The molecular weight excluding hydrogens is 227 g/mol. The van der Waals surface area contributed by atoms with Gasteiger partial charge in [-0.2, -0.15) is 0 Å². The van der Waals surface area contributed by atoms with Gasteiger partial charge in [0.05, 0.1) is 0 Å². The molecule has 1 aromatic rings. The summed E-state index contributed by atoms with van der Waals surface area (Å²) in [5.74, 6) is 0.345. The second-order valence-corrected chi connectivity index (χ2v) is 6.21. The maximum atomic E-state index is 12.9. The lowest BCUT2D eigenvalue weighted by Crippen LogP contribution is -2.39. The lowest BCUT2D eigenvalue weighted by atomic mass is 9.62. The van der Waals surface area contributed by atoms with Gasteiger partial charge < -0.3 is 0 Å². The summed E-state index contributed by atoms with van der Waals surface area (Å²) in [6.45, 7) is 6.51. The molecule has 18 heavy (non-hydrogen) atoms. The summed E-state index contributed by atoms with van der Waals surface area (Å²) in [6, 6.07) is 5.95. The normalized spacial score (nSPS) is 26.9. The van der Waals surface area contributed by atoms with Crippen molar-refractivity contribution in [1.29, 1.82) is 0 Å². The molecule has 2 heteroatoms. The van der Waals surface area contributed by atoms with Crippen molar-refractivity contribution in [2.75, 3.05) is 0 Å². The fourth-order valence-electron chi connectivity index (χ4n) is 3.38. The minimum Gasteiger partial charge on any atom is -0.294 e. The highest BCUT2D eigenvalue weighted by atomic mass is 19.1. The molecule has 0 radical (unpaired) electrons. The Morgan fingerprint density at radius 1 is 1.28 bits per heavy atom. The van der Waals surface area contributed by atoms with Crippen molar-refractivity contribution in [3.8, 4) is 0 Å². The van der Waals surface area contributed by atoms with E-state index in [-0.39, 0.29) is 22.9 Å². The molecule has 0 aliphatic heterocycles. The number of ketones is 1. The van der Waals surface area contributed by atoms with Gasteiger partial charge in [0.25, 0.3) is 0 Å². The zero-order chi connectivity index (χ0) is 13.3. The average molecular weight is 248 g/mol. The molecule has 2 rings (SSSR count). The Labute approximate surface area is 108 Å². The van der Waals surface area contributed by atoms with E-state index in [0.29, 0.717) is 11.5 Å². The molecule has 1 saturated carbocycles. The SMILES string of the molecule is C[C@H]1CCCC(C)(C)[C@@H]1C(=O)c1ccc(F)cc1. The van der Waals surface area contributed by atoms with Crippen LogP contribution in [0.15, 0.2) is 24.3 Å². The van der Waals surface area contributed by atoms with Gasteiger partial charge in [0.2, 0.25) is 0 Å². The van der Waals surface area contributed by atoms with Crippen molar-refractivity contribution in [2.45, 2.75) is 40.0 Å². The monoisotopic (exact) mass is 248 g/mol. The Morgan fingerprint density at radius 2 is 1.89 bits per heavy atom. The number of hydrogen-bond acceptors (Lipinski definition) is 1. The van der Waals surface area contributed by atoms with E-state index < -0.39 is 0 Å². The second-order valence-electron chi connectivity index (χ2n) is 6.21. The summed E-state index contributed by atoms with van der Waals surface area (Å²) in [4.78, 5) is 12.6. The first-order chi connectivity index (χ1) is 8.42. The van der Waals surface area contributed by atoms with Crippen LogP contribution in [0.1, 0.15) is 50.4 Å². The standard InChI is InChI=1S/C16H21FO/c1-11-5-4-10-16(2,3)14(11)15(18)12-6-8-13(17)9-7-12/h6-9,11,14H,4-5,10H2,1-3H3/t11-,14-/m0/s1. The molecule has 0 bridgehead atoms. The summed E-state index contributed by atoms with van der Waals surface area (Å²) in [5.41, 5.74) is 0.687. The van der Waals surface area contributed by atoms with Crippen LogP contribution < -0.4 is 0 Å². The first-order valence-electron chi connectivity index (χ1n) is 6.71. The van der Waals surface area contributed by atoms with Crippen LogP contribution in [-0.4, -0.2) is 5.78 Å². The number of rotatable bonds is 2. The van der Waals surface area contributed by atoms with Crippen LogP contribution in [0, 0.1) is 23.1 Å². The Balaban J connectivity index is 2.28. The summed E-state index contributed by atoms with van der Waals surface area (Å²) in [7, 11) is 0. The largest absolute Gasteiger partial charge is 0.294 e. The topological polar surface area (TPSA) is 17.1 Å². The Morgan fingerprint density at radius 3 is 2.44 bits per heavy atom. The van der Waals surface area contributed by atoms with Crippen molar-refractivity contribution in [3.05, 3.63) is 35.6 Å². The minimum absolute atomic E-state index is 0.0448. The average Bonchev–Trinajstić information content (AvgIpc) is 2.28. The Kier molecular flexibility index (Phi) is 3.56. The zero-order valence-corrected chi connectivity index (χ0v) is 11.4. The first kappa shape index (κ1) is 13.3. The van der Waals surface area contributed by atoms with Gasteiger partial charge in [-0.25, -0.2) is 4.39 Å². The summed E-state index contributed by atoms with van der Waals surface area (Å²) >= 11 is 0. The molecule has 98 valence electrons. The first-order valence-corrected chi connectivity index (χ1v) is 6.71. The summed E-state index contributed by atoms with van der Waals surface area (Å²) in [6.07, 6.45) is 3.40. The number of hydrogen-bond donors (Lipinski definition) is 0. The van der Waals surface area contributed by atoms with E-state index in [0.717, 1.165) is 12.8 Å². The molecule has 0 N–H and O–H groups in total. The van der Waals surface area contributed by atoms with E-state index in [1.165, 1.54) is 18.6 Å². The van der Waals surface area contributed by atoms with Gasteiger partial charge in [0, 0.05) is 11.5 Å². The molecule has 1 fully saturated rings. The molecule has 0 saturated heterocycles. The van der Waals surface area contributed by atoms with E-state index in [1.807, 2.05) is 0 Å². The van der Waals surface area contributed by atoms with Crippen LogP contribution in [0.25, 0.3) is 0 Å². The number of carbonyl (C=O) groups excluding carboxylic acids is 1. The number of carbonyl (C=O) groups is 1. The zero-order valence-electron chi connectivity index (χ0n) is 11.4. The van der Waals surface area contributed by atoms with Crippen molar-refractivity contribution in [1.82, 2.24) is 0 Å². The molecule has 1 nitrogen and oxygen atoms in total. The Hall–Kier alpha value is -1.18. The van der Waals surface area contributed by atoms with E-state index in [4.69, 9.17) is 0 Å². The predicted molar refractivity (Wildman–Crippen MR) is 71.0 cm³/mol. The van der Waals surface area contributed by atoms with Gasteiger partial charge in [-0.05, 0) is 48.4 Å². The minimum atomic E-state index is -0.289. The quantitative estimate of drug-likeness (QED) is 0.706. The van der Waals surface area contributed by atoms with E-state index in [1.54, 1.807) is 12.1 Å². The van der Waals surface area contributed by atoms with Crippen LogP contribution >= 0.6 is 0 Å². The van der Waals surface area contributed by atoms with E-state index in [9.17, 15) is 9.18 Å². The third-order valence-corrected chi connectivity index (χ3v) is 4.30. The molecule has 1 aliphatic carbocycles. The van der Waals surface area contributed by atoms with Crippen LogP contribution in [0.4, 0.5) is 4.39 Å². The third-order valence-electron chi connectivity index (χ3n) is 4.30. The van der Waals surface area contributed by atoms with Gasteiger partial charge in [-0.1, -0.05) is 27.2 Å². The highest BCUT2D eigenvalue weighted by molar-refractivity contribution is 5.98. The lowest BCUT2D eigenvalue weighted by Gasteiger charge is -2.41. The van der Waals surface area contributed by atoms with Crippen LogP contribution in [0.3, 0.4) is 0 Å². The lowest BCUT2D eigenvalue weighted by molar-refractivity contribution is 0.0539. The van der Waals surface area contributed by atoms with Crippen LogP contribution in [0.5, 0.6) is 0 Å². The number of Topliss-reactive ketones (excluding diaryl/α,β-unsaturated/α-hetero) is 1. The molecule has 0 aromatic heterocycles. The highest BCUT2D eigenvalue weighted by Crippen LogP contribution is 2.45. The van der Waals surface area contributed by atoms with Gasteiger partial charge in [0.15, 0.2) is 5.78 Å². The van der Waals surface area contributed by atoms with Crippen molar-refractivity contribution >= 4 is 5.78 Å². The number of benzene rings is 1. The summed E-state index contributed by atoms with van der Waals surface area (Å²) < 4.78 is 12.9. The molecule has 0 spiro atoms. The maximum absolute atomic E-state index is 12.9. The predicted octanol–water partition coefficient (Wildman–Crippen LogP) is 4.47. The van der Waals surface area contributed by atoms with Crippen molar-refractivity contribution in [2.24, 2.45) is 17.3 Å². The smallest absolute Gasteiger partial charge is 0.166 e. The van der Waals surface area contributed by atoms with Gasteiger partial charge in [0.1, 0.15) is 5.82 Å². The van der Waals surface area contributed by atoms with Crippen LogP contribution in [0.2, 0.25) is 0 Å². The second kappa shape index (κ2) is 4.83. The maximum Gasteiger partial charge on any atom is 0.166 e. The summed E-state index contributed by atoms with van der Waals surface area (Å²) in [5, 5.41) is 0. The molecule has 1 aromatic carbocycles. The van der Waals surface area contributed by atoms with Crippen LogP contribution in [-0.2, 0) is 0 Å². The van der Waals surface area contributed by atoms with Gasteiger partial charge >= 0.3 is 0 Å². The van der Waals surface area contributed by atoms with Crippen molar-refractivity contribution < 1.29 is 9.18 Å². The van der Waals surface area contributed by atoms with Gasteiger partial charge in [-0.15, -0.1) is 0 Å². The molecular formula is C16H21FO. The molecule has 0 heterocycles. The van der Waals surface area contributed by atoms with E-state index >= 15 is 0 Å². The highest BCUT2D eigenvalue weighted by Gasteiger charge is 2.41. The molecule has 0 unspecified atom stereocenters. The fourth-order valence-corrected chi connectivity index (χ4v) is 3.38. The van der Waals surface area contributed by atoms with Crippen molar-refractivity contribution in [3.63, 3.8) is 0 Å². The Bertz CT molecular complexity index is 433. The molecule has 2 atom stereocenters. The van der Waals surface area contributed by atoms with Gasteiger partial charge in [-0.3, -0.25) is 4.79 Å². The third kappa shape index (κ3) is 2.47. The fraction of sp³-hybridized carbons (Fsp3) is 0.562. The number of halogens is 1. The van der Waals surface area contributed by atoms with E-state index in [2.05, 4.69) is 20.8 Å². The molecule has 1 aliphatic rings. The molecule has 0 amide bonds.